The third-order valence-corrected chi connectivity index (χ3v) is 3.10. The highest BCUT2D eigenvalue weighted by Crippen LogP contribution is 2.23. The van der Waals surface area contributed by atoms with Crippen molar-refractivity contribution < 1.29 is 14.3 Å². The lowest BCUT2D eigenvalue weighted by Gasteiger charge is -2.10. The fraction of sp³-hybridized carbons (Fsp3) is 0.188. The topological polar surface area (TPSA) is 61.5 Å². The lowest BCUT2D eigenvalue weighted by molar-refractivity contribution is 0.0600. The fourth-order valence-electron chi connectivity index (χ4n) is 1.80. The van der Waals surface area contributed by atoms with Crippen LogP contribution >= 0.6 is 0 Å². The monoisotopic (exact) mass is 271 g/mol. The quantitative estimate of drug-likeness (QED) is 0.686. The van der Waals surface area contributed by atoms with E-state index in [-0.39, 0.29) is 5.97 Å². The van der Waals surface area contributed by atoms with E-state index >= 15 is 0 Å². The van der Waals surface area contributed by atoms with Crippen molar-refractivity contribution in [2.45, 2.75) is 13.5 Å². The van der Waals surface area contributed by atoms with Gasteiger partial charge in [-0.05, 0) is 36.8 Å². The van der Waals surface area contributed by atoms with Gasteiger partial charge in [0.1, 0.15) is 12.4 Å². The molecule has 0 heterocycles. The maximum atomic E-state index is 11.3. The molecule has 0 unspecified atom stereocenters. The molecular weight excluding hydrogens is 254 g/mol. The van der Waals surface area contributed by atoms with Gasteiger partial charge < -0.3 is 15.2 Å². The summed E-state index contributed by atoms with van der Waals surface area (Å²) >= 11 is 0. The summed E-state index contributed by atoms with van der Waals surface area (Å²) in [5.74, 6) is 0.422. The Labute approximate surface area is 118 Å². The van der Waals surface area contributed by atoms with Crippen molar-refractivity contribution in [3.63, 3.8) is 0 Å². The van der Waals surface area contributed by atoms with E-state index in [4.69, 9.17) is 10.5 Å². The van der Waals surface area contributed by atoms with Crippen LogP contribution < -0.4 is 10.5 Å². The van der Waals surface area contributed by atoms with Crippen LogP contribution in [-0.4, -0.2) is 13.1 Å². The molecule has 0 atom stereocenters. The van der Waals surface area contributed by atoms with Gasteiger partial charge >= 0.3 is 5.97 Å². The molecule has 0 amide bonds. The van der Waals surface area contributed by atoms with Crippen molar-refractivity contribution in [1.29, 1.82) is 0 Å². The minimum Gasteiger partial charge on any atom is -0.489 e. The predicted molar refractivity (Wildman–Crippen MR) is 77.7 cm³/mol. The average molecular weight is 271 g/mol. The second-order valence-electron chi connectivity index (χ2n) is 4.45. The Hall–Kier alpha value is -2.49. The summed E-state index contributed by atoms with van der Waals surface area (Å²) in [6, 6.07) is 12.7. The molecular formula is C16H17NO3. The molecule has 4 heteroatoms. The molecule has 20 heavy (non-hydrogen) atoms. The van der Waals surface area contributed by atoms with E-state index < -0.39 is 0 Å². The number of nitrogens with two attached hydrogens (primary N) is 1. The van der Waals surface area contributed by atoms with Gasteiger partial charge in [-0.15, -0.1) is 0 Å². The largest absolute Gasteiger partial charge is 0.489 e. The molecule has 2 N–H and O–H groups in total. The van der Waals surface area contributed by atoms with Crippen LogP contribution in [0.5, 0.6) is 5.75 Å². The smallest absolute Gasteiger partial charge is 0.337 e. The highest BCUT2D eigenvalue weighted by molar-refractivity contribution is 5.89. The summed E-state index contributed by atoms with van der Waals surface area (Å²) in [6.07, 6.45) is 0. The molecule has 2 aromatic rings. The summed E-state index contributed by atoms with van der Waals surface area (Å²) in [4.78, 5) is 11.3. The number of anilines is 1. The molecule has 104 valence electrons. The van der Waals surface area contributed by atoms with Crippen LogP contribution in [0.4, 0.5) is 5.69 Å². The standard InChI is InChI=1S/C16H17NO3/c1-11-14(17)4-3-5-15(11)20-10-12-6-8-13(9-7-12)16(18)19-2/h3-9H,10,17H2,1-2H3. The molecule has 0 radical (unpaired) electrons. The number of nitrogen functional groups attached to an aromatic ring is 1. The summed E-state index contributed by atoms with van der Waals surface area (Å²) in [7, 11) is 1.36. The van der Waals surface area contributed by atoms with Crippen molar-refractivity contribution >= 4 is 11.7 Å². The molecule has 0 bridgehead atoms. The van der Waals surface area contributed by atoms with Gasteiger partial charge in [0, 0.05) is 11.3 Å². The molecule has 2 aromatic carbocycles. The zero-order chi connectivity index (χ0) is 14.5. The van der Waals surface area contributed by atoms with Crippen LogP contribution in [0.3, 0.4) is 0 Å². The SMILES string of the molecule is COC(=O)c1ccc(COc2cccc(N)c2C)cc1. The maximum absolute atomic E-state index is 11.3. The first-order chi connectivity index (χ1) is 9.61. The first kappa shape index (κ1) is 13.9. The minimum absolute atomic E-state index is 0.343. The van der Waals surface area contributed by atoms with Crippen LogP contribution in [0.15, 0.2) is 42.5 Å². The first-order valence-corrected chi connectivity index (χ1v) is 6.27. The maximum Gasteiger partial charge on any atom is 0.337 e. The average Bonchev–Trinajstić information content (AvgIpc) is 2.48. The summed E-state index contributed by atoms with van der Waals surface area (Å²) in [6.45, 7) is 2.34. The molecule has 0 aromatic heterocycles. The molecule has 0 fully saturated rings. The van der Waals surface area contributed by atoms with E-state index in [2.05, 4.69) is 4.74 Å². The van der Waals surface area contributed by atoms with Crippen LogP contribution in [-0.2, 0) is 11.3 Å². The number of carbonyl (C=O) groups excluding carboxylic acids is 1. The second kappa shape index (κ2) is 6.10. The van der Waals surface area contributed by atoms with Crippen molar-refractivity contribution in [1.82, 2.24) is 0 Å². The molecule has 2 rings (SSSR count). The van der Waals surface area contributed by atoms with Gasteiger partial charge in [-0.3, -0.25) is 0 Å². The van der Waals surface area contributed by atoms with Gasteiger partial charge in [-0.25, -0.2) is 4.79 Å². The van der Waals surface area contributed by atoms with Gasteiger partial charge in [0.2, 0.25) is 0 Å². The van der Waals surface area contributed by atoms with Crippen LogP contribution in [0.25, 0.3) is 0 Å². The Morgan fingerprint density at radius 3 is 2.50 bits per heavy atom. The Kier molecular flexibility index (Phi) is 4.25. The van der Waals surface area contributed by atoms with Crippen molar-refractivity contribution in [3.8, 4) is 5.75 Å². The molecule has 4 nitrogen and oxygen atoms in total. The number of esters is 1. The van der Waals surface area contributed by atoms with Crippen LogP contribution in [0.2, 0.25) is 0 Å². The molecule has 0 saturated heterocycles. The molecule has 0 aliphatic heterocycles. The third-order valence-electron chi connectivity index (χ3n) is 3.10. The van der Waals surface area contributed by atoms with Gasteiger partial charge in [0.15, 0.2) is 0 Å². The van der Waals surface area contributed by atoms with Gasteiger partial charge in [-0.1, -0.05) is 18.2 Å². The van der Waals surface area contributed by atoms with E-state index in [1.165, 1.54) is 7.11 Å². The molecule has 0 saturated carbocycles. The normalized spacial score (nSPS) is 10.1. The van der Waals surface area contributed by atoms with Gasteiger partial charge in [0.05, 0.1) is 12.7 Å². The molecule has 0 aliphatic carbocycles. The highest BCUT2D eigenvalue weighted by Gasteiger charge is 2.06. The number of methoxy groups -OCH3 is 1. The fourth-order valence-corrected chi connectivity index (χ4v) is 1.80. The Balaban J connectivity index is 2.04. The zero-order valence-electron chi connectivity index (χ0n) is 11.6. The predicted octanol–water partition coefficient (Wildman–Crippen LogP) is 2.94. The van der Waals surface area contributed by atoms with Crippen molar-refractivity contribution in [2.24, 2.45) is 0 Å². The van der Waals surface area contributed by atoms with Crippen molar-refractivity contribution in [3.05, 3.63) is 59.2 Å². The van der Waals surface area contributed by atoms with Gasteiger partial charge in [0.25, 0.3) is 0 Å². The van der Waals surface area contributed by atoms with E-state index in [1.54, 1.807) is 12.1 Å². The third kappa shape index (κ3) is 3.09. The highest BCUT2D eigenvalue weighted by atomic mass is 16.5. The summed E-state index contributed by atoms with van der Waals surface area (Å²) in [5.41, 5.74) is 8.96. The van der Waals surface area contributed by atoms with E-state index in [1.807, 2.05) is 37.3 Å². The summed E-state index contributed by atoms with van der Waals surface area (Å²) < 4.78 is 10.4. The lowest BCUT2D eigenvalue weighted by Crippen LogP contribution is -2.02. The minimum atomic E-state index is -0.343. The van der Waals surface area contributed by atoms with Crippen LogP contribution in [0, 0.1) is 6.92 Å². The van der Waals surface area contributed by atoms with Crippen molar-refractivity contribution in [2.75, 3.05) is 12.8 Å². The van der Waals surface area contributed by atoms with Crippen LogP contribution in [0.1, 0.15) is 21.5 Å². The number of hydrogen-bond acceptors (Lipinski definition) is 4. The van der Waals surface area contributed by atoms with E-state index in [0.29, 0.717) is 17.9 Å². The zero-order valence-corrected chi connectivity index (χ0v) is 11.6. The molecule has 0 spiro atoms. The van der Waals surface area contributed by atoms with Gasteiger partial charge in [-0.2, -0.15) is 0 Å². The second-order valence-corrected chi connectivity index (χ2v) is 4.45. The Morgan fingerprint density at radius 1 is 1.15 bits per heavy atom. The Bertz CT molecular complexity index is 606. The number of benzene rings is 2. The number of rotatable bonds is 4. The van der Waals surface area contributed by atoms with E-state index in [0.717, 1.165) is 16.9 Å². The molecule has 0 aliphatic rings. The Morgan fingerprint density at radius 2 is 1.85 bits per heavy atom. The van der Waals surface area contributed by atoms with E-state index in [9.17, 15) is 4.79 Å². The lowest BCUT2D eigenvalue weighted by atomic mass is 10.1. The first-order valence-electron chi connectivity index (χ1n) is 6.27. The summed E-state index contributed by atoms with van der Waals surface area (Å²) in [5, 5.41) is 0. The number of carbonyl (C=O) groups is 1. The number of hydrogen-bond donors (Lipinski definition) is 1. The number of ether oxygens (including phenoxy) is 2.